The highest BCUT2D eigenvalue weighted by Gasteiger charge is 2.32. The summed E-state index contributed by atoms with van der Waals surface area (Å²) >= 11 is 0. The first-order chi connectivity index (χ1) is 19.7. The zero-order valence-corrected chi connectivity index (χ0v) is 22.8. The number of hydrogen-bond donors (Lipinski definition) is 5. The molecule has 0 amide bonds. The number of aromatic hydroxyl groups is 1. The van der Waals surface area contributed by atoms with Crippen molar-refractivity contribution in [1.82, 2.24) is 4.90 Å². The number of ether oxygens (including phenoxy) is 1. The van der Waals surface area contributed by atoms with Crippen molar-refractivity contribution < 1.29 is 39.9 Å². The Bertz CT molecular complexity index is 1270. The van der Waals surface area contributed by atoms with E-state index < -0.39 is 24.1 Å². The summed E-state index contributed by atoms with van der Waals surface area (Å²) in [5, 5.41) is 42.5. The highest BCUT2D eigenvalue weighted by Crippen LogP contribution is 2.47. The Balaban J connectivity index is 0.000000334. The molecule has 218 valence electrons. The first-order valence-electron chi connectivity index (χ1n) is 13.9. The second kappa shape index (κ2) is 14.1. The van der Waals surface area contributed by atoms with Crippen LogP contribution in [0.4, 0.5) is 0 Å². The van der Waals surface area contributed by atoms with E-state index in [4.69, 9.17) is 25.2 Å². The van der Waals surface area contributed by atoms with Gasteiger partial charge in [0.2, 0.25) is 0 Å². The van der Waals surface area contributed by atoms with Crippen molar-refractivity contribution in [3.63, 3.8) is 0 Å². The van der Waals surface area contributed by atoms with Gasteiger partial charge in [-0.1, -0.05) is 48.5 Å². The quantitative estimate of drug-likeness (QED) is 0.263. The van der Waals surface area contributed by atoms with Crippen molar-refractivity contribution >= 4 is 11.9 Å². The Hall–Kier alpha value is -3.92. The number of aliphatic hydroxyl groups excluding tert-OH is 2. The molecular weight excluding hydrogens is 526 g/mol. The lowest BCUT2D eigenvalue weighted by Gasteiger charge is -2.35. The van der Waals surface area contributed by atoms with Gasteiger partial charge in [-0.3, -0.25) is 4.90 Å². The van der Waals surface area contributed by atoms with Gasteiger partial charge < -0.3 is 30.3 Å². The molecular formula is C32H37NO8. The van der Waals surface area contributed by atoms with Gasteiger partial charge in [0, 0.05) is 12.5 Å². The van der Waals surface area contributed by atoms with Crippen LogP contribution in [-0.2, 0) is 16.0 Å². The van der Waals surface area contributed by atoms with Crippen molar-refractivity contribution in [3.05, 3.63) is 95.1 Å². The Kier molecular flexibility index (Phi) is 10.3. The molecule has 2 aliphatic rings. The van der Waals surface area contributed by atoms with E-state index in [1.807, 2.05) is 12.1 Å². The fourth-order valence-electron chi connectivity index (χ4n) is 5.62. The topological polar surface area (TPSA) is 148 Å². The minimum atomic E-state index is -2.27. The van der Waals surface area contributed by atoms with Crippen LogP contribution < -0.4 is 4.74 Å². The first-order valence-corrected chi connectivity index (χ1v) is 13.9. The molecule has 0 spiro atoms. The average molecular weight is 564 g/mol. The van der Waals surface area contributed by atoms with Crippen LogP contribution in [0.5, 0.6) is 11.5 Å². The molecule has 3 aromatic rings. The van der Waals surface area contributed by atoms with E-state index >= 15 is 0 Å². The van der Waals surface area contributed by atoms with E-state index in [0.717, 1.165) is 31.7 Å². The van der Waals surface area contributed by atoms with Gasteiger partial charge in [-0.15, -0.1) is 0 Å². The molecule has 5 N–H and O–H groups in total. The van der Waals surface area contributed by atoms with Crippen LogP contribution in [-0.4, -0.2) is 80.8 Å². The number of phenolic OH excluding ortho intramolecular Hbond substituents is 1. The molecule has 0 bridgehead atoms. The Morgan fingerprint density at radius 1 is 0.854 bits per heavy atom. The smallest absolute Gasteiger partial charge is 0.335 e. The number of benzene rings is 3. The predicted molar refractivity (Wildman–Crippen MR) is 152 cm³/mol. The number of aliphatic hydroxyl groups is 2. The van der Waals surface area contributed by atoms with E-state index in [1.165, 1.54) is 48.2 Å². The fourth-order valence-corrected chi connectivity index (χ4v) is 5.62. The maximum absolute atomic E-state index is 10.0. The first kappa shape index (κ1) is 30.0. The third-order valence-electron chi connectivity index (χ3n) is 7.74. The van der Waals surface area contributed by atoms with E-state index in [2.05, 4.69) is 65.6 Å². The lowest BCUT2D eigenvalue weighted by atomic mass is 9.69. The molecule has 4 atom stereocenters. The molecule has 0 aromatic heterocycles. The molecule has 9 nitrogen and oxygen atoms in total. The molecule has 1 aliphatic heterocycles. The highest BCUT2D eigenvalue weighted by atomic mass is 16.5. The van der Waals surface area contributed by atoms with Crippen molar-refractivity contribution in [2.24, 2.45) is 0 Å². The van der Waals surface area contributed by atoms with Gasteiger partial charge in [-0.2, -0.15) is 0 Å². The summed E-state index contributed by atoms with van der Waals surface area (Å²) in [6, 6.07) is 25.4. The van der Waals surface area contributed by atoms with Crippen molar-refractivity contribution in [1.29, 1.82) is 0 Å². The summed E-state index contributed by atoms with van der Waals surface area (Å²) in [7, 11) is 0. The number of rotatable bonds is 9. The molecule has 1 aliphatic carbocycles. The Morgan fingerprint density at radius 3 is 2.10 bits per heavy atom. The molecule has 0 radical (unpaired) electrons. The number of aliphatic carboxylic acids is 2. The molecule has 1 unspecified atom stereocenters. The molecule has 9 heteroatoms. The number of aryl methyl sites for hydroxylation is 1. The normalized spacial score (nSPS) is 19.8. The Morgan fingerprint density at radius 2 is 1.49 bits per heavy atom. The van der Waals surface area contributed by atoms with Crippen LogP contribution in [0.2, 0.25) is 0 Å². The third-order valence-corrected chi connectivity index (χ3v) is 7.74. The summed E-state index contributed by atoms with van der Waals surface area (Å²) in [5.41, 5.74) is 5.30. The molecule has 1 heterocycles. The molecule has 0 saturated carbocycles. The molecule has 1 saturated heterocycles. The van der Waals surface area contributed by atoms with Crippen molar-refractivity contribution in [3.8, 4) is 11.5 Å². The van der Waals surface area contributed by atoms with E-state index in [1.54, 1.807) is 0 Å². The summed E-state index contributed by atoms with van der Waals surface area (Å²) in [5.74, 6) is -1.52. The summed E-state index contributed by atoms with van der Waals surface area (Å²) in [6.07, 6.45) is 0.182. The second-order valence-electron chi connectivity index (χ2n) is 10.4. The van der Waals surface area contributed by atoms with E-state index in [-0.39, 0.29) is 5.92 Å². The van der Waals surface area contributed by atoms with Gasteiger partial charge >= 0.3 is 11.9 Å². The van der Waals surface area contributed by atoms with Gasteiger partial charge in [-0.25, -0.2) is 9.59 Å². The maximum atomic E-state index is 10.0. The summed E-state index contributed by atoms with van der Waals surface area (Å²) in [4.78, 5) is 22.0. The highest BCUT2D eigenvalue weighted by molar-refractivity contribution is 5.83. The molecule has 3 aromatic carbocycles. The van der Waals surface area contributed by atoms with E-state index in [0.29, 0.717) is 11.7 Å². The summed E-state index contributed by atoms with van der Waals surface area (Å²) < 4.78 is 6.03. The van der Waals surface area contributed by atoms with Gasteiger partial charge in [0.05, 0.1) is 0 Å². The number of nitrogens with zero attached hydrogens (tertiary/aromatic N) is 1. The summed E-state index contributed by atoms with van der Waals surface area (Å²) in [6.45, 7) is 4.18. The average Bonchev–Trinajstić information content (AvgIpc) is 3.50. The number of fused-ring (bicyclic) bond motifs is 1. The van der Waals surface area contributed by atoms with Crippen molar-refractivity contribution in [2.75, 3.05) is 26.2 Å². The van der Waals surface area contributed by atoms with Crippen molar-refractivity contribution in [2.45, 2.75) is 49.7 Å². The minimum absolute atomic E-state index is 0.283. The molecule has 1 fully saturated rings. The van der Waals surface area contributed by atoms with Crippen LogP contribution in [0.15, 0.2) is 72.8 Å². The monoisotopic (exact) mass is 563 g/mol. The number of carboxylic acids is 2. The van der Waals surface area contributed by atoms with Crippen LogP contribution in [0, 0.1) is 0 Å². The number of hydrogen-bond acceptors (Lipinski definition) is 7. The second-order valence-corrected chi connectivity index (χ2v) is 10.4. The van der Waals surface area contributed by atoms with Gasteiger partial charge in [0.15, 0.2) is 12.2 Å². The van der Waals surface area contributed by atoms with Crippen LogP contribution in [0.25, 0.3) is 0 Å². The zero-order chi connectivity index (χ0) is 29.4. The van der Waals surface area contributed by atoms with Gasteiger partial charge in [-0.05, 0) is 91.2 Å². The van der Waals surface area contributed by atoms with Gasteiger partial charge in [0.1, 0.15) is 18.1 Å². The predicted octanol–water partition coefficient (Wildman–Crippen LogP) is 3.61. The largest absolute Gasteiger partial charge is 0.508 e. The standard InChI is InChI=1S/C28H31NO2.C4H6O6/c30-24-11-15-27-23(20-24)10-14-26(21-6-2-1-3-7-21)28(27)22-8-12-25(13-9-22)31-19-18-29-16-4-5-17-29;5-1(3(7)8)2(6)4(9)10/h1-3,6-9,11-13,15,20,26,28,30H,4-5,10,14,16-19H2;1-2,5-6H,(H,7,8)(H,9,10)/t26-,28+;1-,2?/m10/s1. The number of phenols is 1. The fraction of sp³-hybridized carbons (Fsp3) is 0.375. The van der Waals surface area contributed by atoms with Crippen LogP contribution >= 0.6 is 0 Å². The lowest BCUT2D eigenvalue weighted by Crippen LogP contribution is -2.39. The third kappa shape index (κ3) is 7.85. The zero-order valence-electron chi connectivity index (χ0n) is 22.8. The number of likely N-dealkylation sites (tertiary alicyclic amines) is 1. The van der Waals surface area contributed by atoms with Crippen LogP contribution in [0.3, 0.4) is 0 Å². The van der Waals surface area contributed by atoms with Crippen LogP contribution in [0.1, 0.15) is 53.4 Å². The maximum Gasteiger partial charge on any atom is 0.335 e. The molecule has 5 rings (SSSR count). The molecule has 41 heavy (non-hydrogen) atoms. The lowest BCUT2D eigenvalue weighted by molar-refractivity contribution is -0.165. The Labute approximate surface area is 239 Å². The SMILES string of the molecule is O=C(O)C(O)[C@H](O)C(=O)O.Oc1ccc2c(c1)CC[C@H](c1ccccc1)[C@@H]2c1ccc(OCCN2CCCC2)cc1. The minimum Gasteiger partial charge on any atom is -0.508 e. The van der Waals surface area contributed by atoms with Gasteiger partial charge in [0.25, 0.3) is 0 Å². The number of carboxylic acid groups (broad SMARTS) is 2. The number of carbonyl (C=O) groups is 2. The van der Waals surface area contributed by atoms with E-state index in [9.17, 15) is 14.7 Å².